The van der Waals surface area contributed by atoms with Gasteiger partial charge in [-0.05, 0) is 41.8 Å². The molecule has 1 atom stereocenters. The van der Waals surface area contributed by atoms with Gasteiger partial charge in [0.05, 0.1) is 36.9 Å². The number of methoxy groups -OCH3 is 2. The number of para-hydroxylation sites is 2. The summed E-state index contributed by atoms with van der Waals surface area (Å²) in [4.78, 5) is 24.5. The summed E-state index contributed by atoms with van der Waals surface area (Å²) >= 11 is 0. The minimum Gasteiger partial charge on any atom is -0.493 e. The largest absolute Gasteiger partial charge is 0.493 e. The number of carbonyl (C=O) groups excluding carboxylic acids is 1. The molecule has 2 aliphatic heterocycles. The molecule has 0 bridgehead atoms. The van der Waals surface area contributed by atoms with Crippen LogP contribution < -0.4 is 9.47 Å². The summed E-state index contributed by atoms with van der Waals surface area (Å²) in [5.74, 6) is 2.05. The van der Waals surface area contributed by atoms with Gasteiger partial charge < -0.3 is 14.4 Å². The summed E-state index contributed by atoms with van der Waals surface area (Å²) in [5, 5.41) is 0. The molecule has 2 aromatic carbocycles. The zero-order chi connectivity index (χ0) is 20.4. The first-order valence-corrected chi connectivity index (χ1v) is 10.0. The number of ether oxygens (including phenoxy) is 2. The van der Waals surface area contributed by atoms with Gasteiger partial charge >= 0.3 is 0 Å². The zero-order valence-corrected chi connectivity index (χ0v) is 16.8. The van der Waals surface area contributed by atoms with Crippen LogP contribution in [0.2, 0.25) is 0 Å². The number of nitrogens with zero attached hydrogens (tertiary/aromatic N) is 4. The number of imidazole rings is 1. The summed E-state index contributed by atoms with van der Waals surface area (Å²) in [5.41, 5.74) is 5.79. The molecule has 0 aliphatic carbocycles. The van der Waals surface area contributed by atoms with Crippen LogP contribution in [0.15, 0.2) is 42.6 Å². The van der Waals surface area contributed by atoms with E-state index in [2.05, 4.69) is 9.97 Å². The average molecular weight is 400 g/mol. The minimum absolute atomic E-state index is 0.0221. The molecule has 7 heteroatoms. The molecule has 2 aliphatic rings. The third kappa shape index (κ3) is 2.23. The molecule has 0 N–H and O–H groups in total. The Morgan fingerprint density at radius 1 is 1.10 bits per heavy atom. The topological polar surface area (TPSA) is 69.0 Å². The summed E-state index contributed by atoms with van der Waals surface area (Å²) < 4.78 is 13.1. The Hall–Kier alpha value is -3.61. The predicted octanol–water partition coefficient (Wildman–Crippen LogP) is 3.20. The van der Waals surface area contributed by atoms with Crippen LogP contribution in [0.3, 0.4) is 0 Å². The van der Waals surface area contributed by atoms with Crippen molar-refractivity contribution < 1.29 is 14.3 Å². The third-order valence-electron chi connectivity index (χ3n) is 6.31. The standard InChI is InChI=1S/C23H20N4O3/c1-29-20-9-13-7-8-26-18(14(13)10-21(20)30-2)11-19-15(22(26)28)12-24-23-25-16-5-3-4-6-17(16)27(19)23/h3-6,9-10,12,18H,7-8,11H2,1-2H3. The number of amides is 1. The van der Waals surface area contributed by atoms with E-state index in [1.807, 2.05) is 45.7 Å². The van der Waals surface area contributed by atoms with Crippen molar-refractivity contribution in [3.63, 3.8) is 0 Å². The molecule has 6 rings (SSSR count). The summed E-state index contributed by atoms with van der Waals surface area (Å²) in [6.07, 6.45) is 3.17. The normalized spacial score (nSPS) is 17.6. The highest BCUT2D eigenvalue weighted by molar-refractivity contribution is 5.97. The molecule has 1 amide bonds. The number of aromatic nitrogens is 3. The van der Waals surface area contributed by atoms with Gasteiger partial charge in [-0.3, -0.25) is 9.20 Å². The van der Waals surface area contributed by atoms with Gasteiger partial charge in [0.25, 0.3) is 5.91 Å². The number of hydrogen-bond acceptors (Lipinski definition) is 5. The number of rotatable bonds is 2. The third-order valence-corrected chi connectivity index (χ3v) is 6.31. The molecule has 0 saturated heterocycles. The molecule has 4 heterocycles. The van der Waals surface area contributed by atoms with Crippen molar-refractivity contribution in [1.29, 1.82) is 0 Å². The lowest BCUT2D eigenvalue weighted by atomic mass is 9.85. The lowest BCUT2D eigenvalue weighted by Gasteiger charge is -2.41. The van der Waals surface area contributed by atoms with Gasteiger partial charge in [0.1, 0.15) is 0 Å². The zero-order valence-electron chi connectivity index (χ0n) is 16.8. The van der Waals surface area contributed by atoms with Gasteiger partial charge in [-0.2, -0.15) is 0 Å². The fourth-order valence-electron chi connectivity index (χ4n) is 4.89. The Morgan fingerprint density at radius 2 is 1.90 bits per heavy atom. The van der Waals surface area contributed by atoms with Crippen LogP contribution in [0.25, 0.3) is 16.8 Å². The van der Waals surface area contributed by atoms with Crippen LogP contribution in [0, 0.1) is 0 Å². The summed E-state index contributed by atoms with van der Waals surface area (Å²) in [6.45, 7) is 0.675. The highest BCUT2D eigenvalue weighted by Crippen LogP contribution is 2.42. The van der Waals surface area contributed by atoms with Crippen molar-refractivity contribution in [2.24, 2.45) is 0 Å². The Kier molecular flexibility index (Phi) is 3.56. The van der Waals surface area contributed by atoms with Crippen LogP contribution in [-0.4, -0.2) is 45.9 Å². The Bertz CT molecular complexity index is 1340. The Labute approximate surface area is 172 Å². The fraction of sp³-hybridized carbons (Fsp3) is 0.261. The van der Waals surface area contributed by atoms with Crippen molar-refractivity contribution in [1.82, 2.24) is 19.3 Å². The van der Waals surface area contributed by atoms with Gasteiger partial charge in [0.15, 0.2) is 11.5 Å². The van der Waals surface area contributed by atoms with E-state index < -0.39 is 0 Å². The first-order chi connectivity index (χ1) is 14.7. The summed E-state index contributed by atoms with van der Waals surface area (Å²) in [6, 6.07) is 12.0. The van der Waals surface area contributed by atoms with Gasteiger partial charge in [-0.25, -0.2) is 9.97 Å². The van der Waals surface area contributed by atoms with Crippen molar-refractivity contribution >= 4 is 22.7 Å². The smallest absolute Gasteiger partial charge is 0.257 e. The summed E-state index contributed by atoms with van der Waals surface area (Å²) in [7, 11) is 3.28. The number of fused-ring (bicyclic) bond motifs is 8. The minimum atomic E-state index is -0.0553. The number of hydrogen-bond donors (Lipinski definition) is 0. The second-order valence-corrected chi connectivity index (χ2v) is 7.73. The van der Waals surface area contributed by atoms with E-state index in [0.717, 1.165) is 34.5 Å². The molecule has 150 valence electrons. The molecule has 7 nitrogen and oxygen atoms in total. The first kappa shape index (κ1) is 17.3. The molecule has 0 saturated carbocycles. The van der Waals surface area contributed by atoms with Crippen molar-refractivity contribution in [2.45, 2.75) is 18.9 Å². The molecular weight excluding hydrogens is 380 g/mol. The van der Waals surface area contributed by atoms with E-state index in [0.29, 0.717) is 30.1 Å². The van der Waals surface area contributed by atoms with E-state index in [9.17, 15) is 4.79 Å². The molecule has 0 spiro atoms. The molecule has 0 fully saturated rings. The van der Waals surface area contributed by atoms with E-state index in [1.165, 1.54) is 5.56 Å². The first-order valence-electron chi connectivity index (χ1n) is 10.0. The van der Waals surface area contributed by atoms with E-state index >= 15 is 0 Å². The van der Waals surface area contributed by atoms with Crippen molar-refractivity contribution in [3.8, 4) is 11.5 Å². The quantitative estimate of drug-likeness (QED) is 0.517. The second-order valence-electron chi connectivity index (χ2n) is 7.73. The Balaban J connectivity index is 1.57. The maximum absolute atomic E-state index is 13.4. The molecule has 30 heavy (non-hydrogen) atoms. The highest BCUT2D eigenvalue weighted by Gasteiger charge is 2.39. The lowest BCUT2D eigenvalue weighted by molar-refractivity contribution is 0.0627. The van der Waals surface area contributed by atoms with E-state index in [-0.39, 0.29) is 11.9 Å². The van der Waals surface area contributed by atoms with Crippen molar-refractivity contribution in [2.75, 3.05) is 20.8 Å². The predicted molar refractivity (Wildman–Crippen MR) is 111 cm³/mol. The van der Waals surface area contributed by atoms with Gasteiger partial charge in [-0.1, -0.05) is 12.1 Å². The van der Waals surface area contributed by atoms with Gasteiger partial charge in [0.2, 0.25) is 5.78 Å². The van der Waals surface area contributed by atoms with Crippen LogP contribution in [0.4, 0.5) is 0 Å². The van der Waals surface area contributed by atoms with Gasteiger partial charge in [-0.15, -0.1) is 0 Å². The molecule has 2 aromatic heterocycles. The van der Waals surface area contributed by atoms with Crippen LogP contribution in [-0.2, 0) is 12.8 Å². The maximum Gasteiger partial charge on any atom is 0.257 e. The average Bonchev–Trinajstić information content (AvgIpc) is 3.17. The lowest BCUT2D eigenvalue weighted by Crippen LogP contribution is -2.45. The molecular formula is C23H20N4O3. The van der Waals surface area contributed by atoms with E-state index in [1.54, 1.807) is 20.4 Å². The fourth-order valence-corrected chi connectivity index (χ4v) is 4.89. The molecule has 0 radical (unpaired) electrons. The monoisotopic (exact) mass is 400 g/mol. The second kappa shape index (κ2) is 6.19. The van der Waals surface area contributed by atoms with Gasteiger partial charge in [0, 0.05) is 24.9 Å². The Morgan fingerprint density at radius 3 is 2.73 bits per heavy atom. The van der Waals surface area contributed by atoms with Crippen LogP contribution in [0.1, 0.15) is 33.2 Å². The maximum atomic E-state index is 13.4. The molecule has 4 aromatic rings. The highest BCUT2D eigenvalue weighted by atomic mass is 16.5. The van der Waals surface area contributed by atoms with Crippen LogP contribution >= 0.6 is 0 Å². The van der Waals surface area contributed by atoms with Crippen molar-refractivity contribution in [3.05, 3.63) is 65.0 Å². The van der Waals surface area contributed by atoms with E-state index in [4.69, 9.17) is 9.47 Å². The SMILES string of the molecule is COc1cc2c(cc1OC)C1Cc3c(cnc4nc5ccccc5n34)C(=O)N1CC2. The van der Waals surface area contributed by atoms with Crippen LogP contribution in [0.5, 0.6) is 11.5 Å². The molecule has 1 unspecified atom stereocenters. The number of benzene rings is 2. The number of carbonyl (C=O) groups is 1.